The van der Waals surface area contributed by atoms with Gasteiger partial charge in [-0.25, -0.2) is 0 Å². The Bertz CT molecular complexity index is 252. The molecule has 0 aromatic rings. The Labute approximate surface area is 92.1 Å². The lowest BCUT2D eigenvalue weighted by Crippen LogP contribution is -2.28. The van der Waals surface area contributed by atoms with Gasteiger partial charge in [0.1, 0.15) is 11.2 Å². The Kier molecular flexibility index (Phi) is 2.42. The Morgan fingerprint density at radius 1 is 1.27 bits per heavy atom. The predicted octanol–water partition coefficient (Wildman–Crippen LogP) is 2.00. The molecule has 15 heavy (non-hydrogen) atoms. The van der Waals surface area contributed by atoms with Gasteiger partial charge in [0.15, 0.2) is 0 Å². The van der Waals surface area contributed by atoms with Crippen molar-refractivity contribution >= 4 is 0 Å². The SMILES string of the molecule is CC(C)(C)[C@H]1O[C@]1(C)COC[C@@]1(C)CO1. The van der Waals surface area contributed by atoms with Crippen molar-refractivity contribution in [1.29, 1.82) is 0 Å². The molecule has 0 radical (unpaired) electrons. The molecule has 2 heterocycles. The summed E-state index contributed by atoms with van der Waals surface area (Å²) in [5, 5.41) is 0. The quantitative estimate of drug-likeness (QED) is 0.671. The van der Waals surface area contributed by atoms with Crippen molar-refractivity contribution in [3.8, 4) is 0 Å². The highest BCUT2D eigenvalue weighted by Crippen LogP contribution is 2.47. The van der Waals surface area contributed by atoms with Crippen molar-refractivity contribution in [1.82, 2.24) is 0 Å². The fourth-order valence-electron chi connectivity index (χ4n) is 2.11. The van der Waals surface area contributed by atoms with Crippen LogP contribution in [-0.4, -0.2) is 37.1 Å². The molecular formula is C12H22O3. The van der Waals surface area contributed by atoms with Crippen LogP contribution in [0.4, 0.5) is 0 Å². The molecule has 0 N–H and O–H groups in total. The minimum atomic E-state index is -0.0799. The smallest absolute Gasteiger partial charge is 0.116 e. The first kappa shape index (κ1) is 11.4. The summed E-state index contributed by atoms with van der Waals surface area (Å²) in [5.74, 6) is 0. The van der Waals surface area contributed by atoms with Gasteiger partial charge in [-0.1, -0.05) is 20.8 Å². The minimum absolute atomic E-state index is 0.0114. The Balaban J connectivity index is 1.72. The number of hydrogen-bond donors (Lipinski definition) is 0. The zero-order valence-corrected chi connectivity index (χ0v) is 10.4. The molecule has 0 amide bonds. The molecule has 0 saturated carbocycles. The van der Waals surface area contributed by atoms with Crippen LogP contribution in [0.3, 0.4) is 0 Å². The summed E-state index contributed by atoms with van der Waals surface area (Å²) in [5.41, 5.74) is 0.115. The third kappa shape index (κ3) is 2.52. The third-order valence-corrected chi connectivity index (χ3v) is 3.10. The molecule has 3 heteroatoms. The van der Waals surface area contributed by atoms with E-state index in [9.17, 15) is 0 Å². The molecule has 0 bridgehead atoms. The van der Waals surface area contributed by atoms with E-state index in [1.54, 1.807) is 0 Å². The fraction of sp³-hybridized carbons (Fsp3) is 1.00. The molecular weight excluding hydrogens is 192 g/mol. The largest absolute Gasteiger partial charge is 0.375 e. The number of ether oxygens (including phenoxy) is 3. The van der Waals surface area contributed by atoms with Gasteiger partial charge in [-0.05, 0) is 19.3 Å². The van der Waals surface area contributed by atoms with Crippen LogP contribution in [0, 0.1) is 5.41 Å². The highest BCUT2D eigenvalue weighted by atomic mass is 16.6. The number of hydrogen-bond acceptors (Lipinski definition) is 3. The van der Waals surface area contributed by atoms with E-state index in [-0.39, 0.29) is 16.6 Å². The zero-order valence-electron chi connectivity index (χ0n) is 10.4. The van der Waals surface area contributed by atoms with Crippen molar-refractivity contribution in [3.63, 3.8) is 0 Å². The van der Waals surface area contributed by atoms with Gasteiger partial charge < -0.3 is 14.2 Å². The maximum atomic E-state index is 5.74. The summed E-state index contributed by atoms with van der Waals surface area (Å²) < 4.78 is 16.7. The molecule has 2 aliphatic heterocycles. The van der Waals surface area contributed by atoms with Crippen LogP contribution in [0.1, 0.15) is 34.6 Å². The molecule has 2 aliphatic rings. The predicted molar refractivity (Wildman–Crippen MR) is 57.9 cm³/mol. The lowest BCUT2D eigenvalue weighted by atomic mass is 9.86. The van der Waals surface area contributed by atoms with Crippen molar-refractivity contribution in [3.05, 3.63) is 0 Å². The van der Waals surface area contributed by atoms with Gasteiger partial charge in [0.2, 0.25) is 0 Å². The fourth-order valence-corrected chi connectivity index (χ4v) is 2.11. The first-order chi connectivity index (χ1) is 6.75. The van der Waals surface area contributed by atoms with Crippen LogP contribution < -0.4 is 0 Å². The van der Waals surface area contributed by atoms with Crippen LogP contribution in [0.15, 0.2) is 0 Å². The van der Waals surface area contributed by atoms with E-state index >= 15 is 0 Å². The lowest BCUT2D eigenvalue weighted by Gasteiger charge is -2.17. The molecule has 2 saturated heterocycles. The molecule has 3 nitrogen and oxygen atoms in total. The van der Waals surface area contributed by atoms with Gasteiger partial charge in [0.05, 0.1) is 25.9 Å². The Morgan fingerprint density at radius 2 is 1.87 bits per heavy atom. The zero-order chi connectivity index (χ0) is 11.3. The summed E-state index contributed by atoms with van der Waals surface area (Å²) >= 11 is 0. The molecule has 0 aliphatic carbocycles. The molecule has 0 unspecified atom stereocenters. The molecule has 0 aromatic heterocycles. The van der Waals surface area contributed by atoms with Crippen LogP contribution >= 0.6 is 0 Å². The van der Waals surface area contributed by atoms with E-state index in [0.717, 1.165) is 6.61 Å². The third-order valence-electron chi connectivity index (χ3n) is 3.10. The van der Waals surface area contributed by atoms with Gasteiger partial charge in [0, 0.05) is 0 Å². The van der Waals surface area contributed by atoms with E-state index in [1.807, 2.05) is 0 Å². The Morgan fingerprint density at radius 3 is 2.27 bits per heavy atom. The summed E-state index contributed by atoms with van der Waals surface area (Å²) in [6, 6.07) is 0. The van der Waals surface area contributed by atoms with Gasteiger partial charge >= 0.3 is 0 Å². The molecule has 3 atom stereocenters. The molecule has 0 aromatic carbocycles. The highest BCUT2D eigenvalue weighted by Gasteiger charge is 2.58. The van der Waals surface area contributed by atoms with E-state index < -0.39 is 0 Å². The minimum Gasteiger partial charge on any atom is -0.375 e. The average Bonchev–Trinajstić information content (AvgIpc) is 2.91. The summed E-state index contributed by atoms with van der Waals surface area (Å²) in [6.07, 6.45) is 0.318. The average molecular weight is 214 g/mol. The maximum Gasteiger partial charge on any atom is 0.116 e. The number of rotatable bonds is 4. The standard InChI is InChI=1S/C12H22O3/c1-10(2,3)9-12(5,15-9)8-13-6-11(4)7-14-11/h9H,6-8H2,1-5H3/t9-,11+,12-/m1/s1. The summed E-state index contributed by atoms with van der Waals surface area (Å²) in [6.45, 7) is 13.0. The normalized spacial score (nSPS) is 44.2. The van der Waals surface area contributed by atoms with Crippen LogP contribution in [0.25, 0.3) is 0 Å². The van der Waals surface area contributed by atoms with E-state index in [2.05, 4.69) is 34.6 Å². The van der Waals surface area contributed by atoms with Gasteiger partial charge in [-0.3, -0.25) is 0 Å². The van der Waals surface area contributed by atoms with Crippen molar-refractivity contribution in [2.24, 2.45) is 5.41 Å². The lowest BCUT2D eigenvalue weighted by molar-refractivity contribution is 0.0520. The van der Waals surface area contributed by atoms with Gasteiger partial charge in [-0.15, -0.1) is 0 Å². The number of epoxide rings is 2. The van der Waals surface area contributed by atoms with E-state index in [4.69, 9.17) is 14.2 Å². The van der Waals surface area contributed by atoms with Crippen molar-refractivity contribution in [2.75, 3.05) is 19.8 Å². The van der Waals surface area contributed by atoms with Gasteiger partial charge in [0.25, 0.3) is 0 Å². The van der Waals surface area contributed by atoms with Crippen molar-refractivity contribution < 1.29 is 14.2 Å². The van der Waals surface area contributed by atoms with E-state index in [0.29, 0.717) is 19.3 Å². The van der Waals surface area contributed by atoms with Crippen LogP contribution in [0.2, 0.25) is 0 Å². The molecule has 2 rings (SSSR count). The van der Waals surface area contributed by atoms with Crippen LogP contribution in [-0.2, 0) is 14.2 Å². The van der Waals surface area contributed by atoms with Crippen molar-refractivity contribution in [2.45, 2.75) is 51.9 Å². The van der Waals surface area contributed by atoms with E-state index in [1.165, 1.54) is 0 Å². The maximum absolute atomic E-state index is 5.74. The topological polar surface area (TPSA) is 34.3 Å². The highest BCUT2D eigenvalue weighted by molar-refractivity contribution is 5.05. The van der Waals surface area contributed by atoms with Crippen LogP contribution in [0.5, 0.6) is 0 Å². The molecule has 0 spiro atoms. The first-order valence-corrected chi connectivity index (χ1v) is 5.65. The first-order valence-electron chi connectivity index (χ1n) is 5.65. The summed E-state index contributed by atoms with van der Waals surface area (Å²) in [4.78, 5) is 0. The second-order valence-electron chi connectivity index (χ2n) is 6.41. The molecule has 88 valence electrons. The second kappa shape index (κ2) is 3.19. The summed E-state index contributed by atoms with van der Waals surface area (Å²) in [7, 11) is 0. The van der Waals surface area contributed by atoms with Gasteiger partial charge in [-0.2, -0.15) is 0 Å². The molecule has 2 fully saturated rings. The monoisotopic (exact) mass is 214 g/mol. The Hall–Kier alpha value is -0.120. The second-order valence-corrected chi connectivity index (χ2v) is 6.41.